The molecule has 1 aliphatic rings. The first-order valence-electron chi connectivity index (χ1n) is 7.25. The number of aldehydes is 1. The molecule has 0 aromatic heterocycles. The Morgan fingerprint density at radius 1 is 1.30 bits per heavy atom. The summed E-state index contributed by atoms with van der Waals surface area (Å²) in [4.78, 5) is 12.9. The number of rotatable bonds is 7. The van der Waals surface area contributed by atoms with Crippen LogP contribution in [0.25, 0.3) is 0 Å². The zero-order valence-corrected chi connectivity index (χ0v) is 11.8. The van der Waals surface area contributed by atoms with Gasteiger partial charge in [0, 0.05) is 12.5 Å². The summed E-state index contributed by atoms with van der Waals surface area (Å²) in [6.07, 6.45) is 2.39. The van der Waals surface area contributed by atoms with Crippen molar-refractivity contribution < 1.29 is 14.6 Å². The molecule has 1 atom stereocenters. The topological polar surface area (TPSA) is 49.8 Å². The van der Waals surface area contributed by atoms with Gasteiger partial charge in [0.05, 0.1) is 19.3 Å². The van der Waals surface area contributed by atoms with Gasteiger partial charge in [-0.15, -0.1) is 0 Å². The summed E-state index contributed by atoms with van der Waals surface area (Å²) in [7, 11) is 0. The summed E-state index contributed by atoms with van der Waals surface area (Å²) in [6, 6.07) is 9.95. The number of benzene rings is 1. The van der Waals surface area contributed by atoms with Gasteiger partial charge in [-0.2, -0.15) is 0 Å². The second-order valence-electron chi connectivity index (χ2n) is 5.43. The van der Waals surface area contributed by atoms with E-state index in [9.17, 15) is 9.90 Å². The van der Waals surface area contributed by atoms with Crippen LogP contribution < -0.4 is 0 Å². The smallest absolute Gasteiger partial charge is 0.123 e. The molecule has 0 spiro atoms. The van der Waals surface area contributed by atoms with Crippen LogP contribution >= 0.6 is 0 Å². The van der Waals surface area contributed by atoms with Crippen LogP contribution in [0.2, 0.25) is 0 Å². The van der Waals surface area contributed by atoms with Crippen molar-refractivity contribution in [3.05, 3.63) is 35.9 Å². The highest BCUT2D eigenvalue weighted by molar-refractivity contribution is 5.53. The molecular weight excluding hydrogens is 254 g/mol. The maximum atomic E-state index is 10.7. The monoisotopic (exact) mass is 277 g/mol. The van der Waals surface area contributed by atoms with Crippen molar-refractivity contribution in [3.8, 4) is 0 Å². The van der Waals surface area contributed by atoms with E-state index in [0.717, 1.165) is 37.8 Å². The van der Waals surface area contributed by atoms with Gasteiger partial charge in [0.2, 0.25) is 0 Å². The fraction of sp³-hybridized carbons (Fsp3) is 0.562. The highest BCUT2D eigenvalue weighted by atomic mass is 16.5. The number of carbonyl (C=O) groups is 1. The number of piperidine rings is 1. The molecule has 2 rings (SSSR count). The molecule has 0 amide bonds. The predicted octanol–water partition coefficient (Wildman–Crippen LogP) is 1.47. The average molecular weight is 277 g/mol. The van der Waals surface area contributed by atoms with E-state index in [0.29, 0.717) is 19.8 Å². The molecule has 1 heterocycles. The Morgan fingerprint density at radius 2 is 2.00 bits per heavy atom. The van der Waals surface area contributed by atoms with Crippen LogP contribution in [-0.2, 0) is 16.1 Å². The lowest BCUT2D eigenvalue weighted by molar-refractivity contribution is -0.112. The van der Waals surface area contributed by atoms with Gasteiger partial charge in [-0.1, -0.05) is 30.3 Å². The van der Waals surface area contributed by atoms with E-state index < -0.39 is 6.10 Å². The third kappa shape index (κ3) is 5.04. The number of ether oxygens (including phenoxy) is 1. The molecule has 110 valence electrons. The average Bonchev–Trinajstić information content (AvgIpc) is 2.49. The molecule has 1 aromatic rings. The van der Waals surface area contributed by atoms with Crippen LogP contribution in [0.4, 0.5) is 0 Å². The van der Waals surface area contributed by atoms with Gasteiger partial charge in [0.1, 0.15) is 6.29 Å². The van der Waals surface area contributed by atoms with Gasteiger partial charge in [-0.3, -0.25) is 0 Å². The zero-order chi connectivity index (χ0) is 14.2. The second-order valence-corrected chi connectivity index (χ2v) is 5.43. The van der Waals surface area contributed by atoms with E-state index in [2.05, 4.69) is 4.90 Å². The van der Waals surface area contributed by atoms with Crippen molar-refractivity contribution >= 4 is 6.29 Å². The third-order valence-electron chi connectivity index (χ3n) is 3.72. The van der Waals surface area contributed by atoms with E-state index in [1.807, 2.05) is 30.3 Å². The second kappa shape index (κ2) is 8.15. The molecule has 1 saturated heterocycles. The molecule has 0 radical (unpaired) electrons. The summed E-state index contributed by atoms with van der Waals surface area (Å²) < 4.78 is 5.53. The van der Waals surface area contributed by atoms with Crippen LogP contribution in [0.1, 0.15) is 18.4 Å². The molecule has 1 aromatic carbocycles. The molecular formula is C16H23NO3. The first-order valence-corrected chi connectivity index (χ1v) is 7.25. The minimum Gasteiger partial charge on any atom is -0.389 e. The minimum absolute atomic E-state index is 0.206. The van der Waals surface area contributed by atoms with Crippen molar-refractivity contribution in [1.82, 2.24) is 4.90 Å². The normalized spacial score (nSPS) is 18.9. The van der Waals surface area contributed by atoms with Crippen molar-refractivity contribution in [2.24, 2.45) is 5.92 Å². The van der Waals surface area contributed by atoms with Crippen LogP contribution in [-0.4, -0.2) is 48.6 Å². The van der Waals surface area contributed by atoms with E-state index >= 15 is 0 Å². The molecule has 0 saturated carbocycles. The number of hydrogen-bond acceptors (Lipinski definition) is 4. The minimum atomic E-state index is -0.466. The largest absolute Gasteiger partial charge is 0.389 e. The number of nitrogens with zero attached hydrogens (tertiary/aromatic N) is 1. The molecule has 1 fully saturated rings. The van der Waals surface area contributed by atoms with Gasteiger partial charge in [-0.25, -0.2) is 0 Å². The quantitative estimate of drug-likeness (QED) is 0.767. The SMILES string of the molecule is O=CC1CCN(CC(O)COCc2ccccc2)CC1. The number of hydrogen-bond donors (Lipinski definition) is 1. The maximum absolute atomic E-state index is 10.7. The van der Waals surface area contributed by atoms with Gasteiger partial charge in [0.25, 0.3) is 0 Å². The van der Waals surface area contributed by atoms with E-state index in [4.69, 9.17) is 4.74 Å². The Hall–Kier alpha value is -1.23. The third-order valence-corrected chi connectivity index (χ3v) is 3.72. The number of β-amino-alcohol motifs (C(OH)–C–C–N with tert-alkyl or cyclic N) is 1. The van der Waals surface area contributed by atoms with E-state index in [1.165, 1.54) is 0 Å². The summed E-state index contributed by atoms with van der Waals surface area (Å²) in [6.45, 7) is 3.28. The molecule has 20 heavy (non-hydrogen) atoms. The lowest BCUT2D eigenvalue weighted by Gasteiger charge is -2.30. The van der Waals surface area contributed by atoms with Crippen LogP contribution in [0.15, 0.2) is 30.3 Å². The first kappa shape index (κ1) is 15.2. The van der Waals surface area contributed by atoms with Crippen LogP contribution in [0, 0.1) is 5.92 Å². The van der Waals surface area contributed by atoms with Gasteiger partial charge in [0.15, 0.2) is 0 Å². The summed E-state index contributed by atoms with van der Waals surface area (Å²) in [5.41, 5.74) is 1.12. The van der Waals surface area contributed by atoms with Crippen molar-refractivity contribution in [2.45, 2.75) is 25.6 Å². The molecule has 1 unspecified atom stereocenters. The van der Waals surface area contributed by atoms with Gasteiger partial charge in [-0.05, 0) is 31.5 Å². The highest BCUT2D eigenvalue weighted by Gasteiger charge is 2.20. The summed E-state index contributed by atoms with van der Waals surface area (Å²) in [5, 5.41) is 9.97. The predicted molar refractivity (Wildman–Crippen MR) is 77.3 cm³/mol. The number of carbonyl (C=O) groups excluding carboxylic acids is 1. The number of aliphatic hydroxyl groups is 1. The molecule has 1 N–H and O–H groups in total. The van der Waals surface area contributed by atoms with Gasteiger partial charge < -0.3 is 19.5 Å². The standard InChI is InChI=1S/C16H23NO3/c18-11-14-6-8-17(9-7-14)10-16(19)13-20-12-15-4-2-1-3-5-15/h1-5,11,14,16,19H,6-10,12-13H2. The molecule has 0 aliphatic carbocycles. The van der Waals surface area contributed by atoms with Crippen LogP contribution in [0.5, 0.6) is 0 Å². The summed E-state index contributed by atoms with van der Waals surface area (Å²) >= 11 is 0. The summed E-state index contributed by atoms with van der Waals surface area (Å²) in [5.74, 6) is 0.206. The fourth-order valence-electron chi connectivity index (χ4n) is 2.51. The Bertz CT molecular complexity index is 388. The van der Waals surface area contributed by atoms with Crippen molar-refractivity contribution in [2.75, 3.05) is 26.2 Å². The lowest BCUT2D eigenvalue weighted by Crippen LogP contribution is -2.40. The van der Waals surface area contributed by atoms with Gasteiger partial charge >= 0.3 is 0 Å². The Labute approximate surface area is 120 Å². The van der Waals surface area contributed by atoms with E-state index in [-0.39, 0.29) is 5.92 Å². The van der Waals surface area contributed by atoms with Crippen molar-refractivity contribution in [1.29, 1.82) is 0 Å². The van der Waals surface area contributed by atoms with E-state index in [1.54, 1.807) is 0 Å². The molecule has 0 bridgehead atoms. The first-order chi connectivity index (χ1) is 9.78. The molecule has 1 aliphatic heterocycles. The zero-order valence-electron chi connectivity index (χ0n) is 11.8. The molecule has 4 nitrogen and oxygen atoms in total. The lowest BCUT2D eigenvalue weighted by atomic mass is 9.98. The Balaban J connectivity index is 1.61. The number of likely N-dealkylation sites (tertiary alicyclic amines) is 1. The van der Waals surface area contributed by atoms with Crippen LogP contribution in [0.3, 0.4) is 0 Å². The highest BCUT2D eigenvalue weighted by Crippen LogP contribution is 2.15. The fourth-order valence-corrected chi connectivity index (χ4v) is 2.51. The molecule has 4 heteroatoms. The Morgan fingerprint density at radius 3 is 2.65 bits per heavy atom. The maximum Gasteiger partial charge on any atom is 0.123 e. The number of aliphatic hydroxyl groups excluding tert-OH is 1. The Kier molecular flexibility index (Phi) is 6.18. The van der Waals surface area contributed by atoms with Crippen molar-refractivity contribution in [3.63, 3.8) is 0 Å².